The summed E-state index contributed by atoms with van der Waals surface area (Å²) in [5, 5.41) is 2.54. The lowest BCUT2D eigenvalue weighted by Gasteiger charge is -2.35. The molecular weight excluding hydrogens is 454 g/mol. The Morgan fingerprint density at radius 3 is 2.26 bits per heavy atom. The molecule has 1 heterocycles. The van der Waals surface area contributed by atoms with E-state index in [0.717, 1.165) is 9.87 Å². The molecule has 2 amide bonds. The van der Waals surface area contributed by atoms with Crippen molar-refractivity contribution in [3.8, 4) is 5.75 Å². The van der Waals surface area contributed by atoms with Crippen LogP contribution in [-0.4, -0.2) is 50.8 Å². The van der Waals surface area contributed by atoms with Crippen molar-refractivity contribution >= 4 is 27.5 Å². The van der Waals surface area contributed by atoms with Crippen molar-refractivity contribution in [1.29, 1.82) is 0 Å². The van der Waals surface area contributed by atoms with Crippen molar-refractivity contribution in [3.05, 3.63) is 90.5 Å². The van der Waals surface area contributed by atoms with E-state index in [1.807, 2.05) is 30.3 Å². The van der Waals surface area contributed by atoms with Gasteiger partial charge in [0.2, 0.25) is 15.9 Å². The van der Waals surface area contributed by atoms with Crippen molar-refractivity contribution in [2.45, 2.75) is 17.5 Å². The molecule has 1 unspecified atom stereocenters. The number of hydrogen-bond acceptors (Lipinski definition) is 5. The average Bonchev–Trinajstić information content (AvgIpc) is 2.88. The molecule has 1 aliphatic rings. The summed E-state index contributed by atoms with van der Waals surface area (Å²) in [7, 11) is -2.48. The van der Waals surface area contributed by atoms with Gasteiger partial charge in [-0.2, -0.15) is 4.31 Å². The predicted octanol–water partition coefficient (Wildman–Crippen LogP) is 2.42. The van der Waals surface area contributed by atoms with Gasteiger partial charge in [0.1, 0.15) is 5.75 Å². The van der Waals surface area contributed by atoms with Crippen LogP contribution in [0, 0.1) is 0 Å². The maximum Gasteiger partial charge on any atom is 0.262 e. The molecule has 0 aromatic heterocycles. The van der Waals surface area contributed by atoms with Gasteiger partial charge in [0.25, 0.3) is 5.91 Å². The molecular formula is C25H25N3O5S. The van der Waals surface area contributed by atoms with Crippen molar-refractivity contribution in [2.75, 3.05) is 25.0 Å². The summed E-state index contributed by atoms with van der Waals surface area (Å²) in [5.74, 6) is -0.443. The van der Waals surface area contributed by atoms with Crippen LogP contribution in [-0.2, 0) is 26.2 Å². The number of para-hydroxylation sites is 2. The second kappa shape index (κ2) is 10.1. The third kappa shape index (κ3) is 4.95. The molecule has 0 bridgehead atoms. The molecule has 9 heteroatoms. The Balaban J connectivity index is 1.67. The summed E-state index contributed by atoms with van der Waals surface area (Å²) in [6.45, 7) is -0.407. The van der Waals surface area contributed by atoms with Crippen LogP contribution in [0.4, 0.5) is 5.69 Å². The average molecular weight is 480 g/mol. The smallest absolute Gasteiger partial charge is 0.262 e. The van der Waals surface area contributed by atoms with Gasteiger partial charge in [-0.3, -0.25) is 9.59 Å². The van der Waals surface area contributed by atoms with Gasteiger partial charge < -0.3 is 15.0 Å². The highest BCUT2D eigenvalue weighted by Crippen LogP contribution is 2.33. The zero-order valence-electron chi connectivity index (χ0n) is 18.6. The number of rotatable bonds is 7. The number of sulfonamides is 1. The summed E-state index contributed by atoms with van der Waals surface area (Å²) < 4.78 is 33.9. The molecule has 0 spiro atoms. The molecule has 0 fully saturated rings. The van der Waals surface area contributed by atoms with Crippen LogP contribution < -0.4 is 15.0 Å². The first-order valence-corrected chi connectivity index (χ1v) is 12.2. The number of anilines is 1. The standard InChI is InChI=1S/C25H25N3O5S/c1-26-25(30)23-17-28(21-14-8-9-15-22(21)33-23)24(29)18-27(16-19-10-4-2-5-11-19)34(31,32)20-12-6-3-7-13-20/h2-15,23H,16-18H2,1H3,(H,26,30). The maximum atomic E-state index is 13.5. The Kier molecular flexibility index (Phi) is 6.95. The maximum absolute atomic E-state index is 13.5. The van der Waals surface area contributed by atoms with E-state index in [9.17, 15) is 18.0 Å². The molecule has 0 saturated carbocycles. The van der Waals surface area contributed by atoms with Gasteiger partial charge in [-0.25, -0.2) is 8.42 Å². The van der Waals surface area contributed by atoms with E-state index < -0.39 is 28.6 Å². The van der Waals surface area contributed by atoms with Crippen molar-refractivity contribution in [2.24, 2.45) is 0 Å². The SMILES string of the molecule is CNC(=O)C1CN(C(=O)CN(Cc2ccccc2)S(=O)(=O)c2ccccc2)c2ccccc2O1. The van der Waals surface area contributed by atoms with Gasteiger partial charge in [-0.1, -0.05) is 60.7 Å². The highest BCUT2D eigenvalue weighted by Gasteiger charge is 2.35. The lowest BCUT2D eigenvalue weighted by atomic mass is 10.1. The molecule has 8 nitrogen and oxygen atoms in total. The Morgan fingerprint density at radius 2 is 1.59 bits per heavy atom. The highest BCUT2D eigenvalue weighted by atomic mass is 32.2. The number of hydrogen-bond donors (Lipinski definition) is 1. The Morgan fingerprint density at radius 1 is 0.971 bits per heavy atom. The Bertz CT molecular complexity index is 1270. The summed E-state index contributed by atoms with van der Waals surface area (Å²) in [6.07, 6.45) is -0.905. The fraction of sp³-hybridized carbons (Fsp3) is 0.200. The van der Waals surface area contributed by atoms with Gasteiger partial charge >= 0.3 is 0 Å². The fourth-order valence-electron chi connectivity index (χ4n) is 3.76. The number of ether oxygens (including phenoxy) is 1. The lowest BCUT2D eigenvalue weighted by Crippen LogP contribution is -2.52. The number of carbonyl (C=O) groups excluding carboxylic acids is 2. The van der Waals surface area contributed by atoms with E-state index in [1.165, 1.54) is 24.1 Å². The van der Waals surface area contributed by atoms with Crippen LogP contribution in [0.15, 0.2) is 89.8 Å². The molecule has 4 rings (SSSR count). The van der Waals surface area contributed by atoms with Gasteiger partial charge in [0.15, 0.2) is 6.10 Å². The molecule has 1 N–H and O–H groups in total. The van der Waals surface area contributed by atoms with Crippen molar-refractivity contribution < 1.29 is 22.7 Å². The summed E-state index contributed by atoms with van der Waals surface area (Å²) in [4.78, 5) is 27.3. The first kappa shape index (κ1) is 23.5. The van der Waals surface area contributed by atoms with Crippen LogP contribution in [0.2, 0.25) is 0 Å². The first-order valence-electron chi connectivity index (χ1n) is 10.8. The molecule has 3 aromatic rings. The molecule has 0 radical (unpaired) electrons. The molecule has 1 aliphatic heterocycles. The molecule has 0 aliphatic carbocycles. The molecule has 1 atom stereocenters. The van der Waals surface area contributed by atoms with Gasteiger partial charge in [-0.15, -0.1) is 0 Å². The van der Waals surface area contributed by atoms with Crippen LogP contribution in [0.3, 0.4) is 0 Å². The number of nitrogens with one attached hydrogen (secondary N) is 1. The number of amides is 2. The third-order valence-corrected chi connectivity index (χ3v) is 7.31. The Hall–Kier alpha value is -3.69. The Labute approximate surface area is 198 Å². The fourth-order valence-corrected chi connectivity index (χ4v) is 5.16. The minimum atomic E-state index is -3.97. The molecule has 0 saturated heterocycles. The number of carbonyl (C=O) groups is 2. The summed E-state index contributed by atoms with van der Waals surface area (Å²) in [5.41, 5.74) is 1.24. The van der Waals surface area contributed by atoms with E-state index in [2.05, 4.69) is 5.32 Å². The van der Waals surface area contributed by atoms with E-state index in [0.29, 0.717) is 11.4 Å². The number of benzene rings is 3. The number of nitrogens with zero attached hydrogens (tertiary/aromatic N) is 2. The second-order valence-electron chi connectivity index (χ2n) is 7.76. The summed E-state index contributed by atoms with van der Waals surface area (Å²) >= 11 is 0. The van der Waals surface area contributed by atoms with Crippen LogP contribution in [0.1, 0.15) is 5.56 Å². The quantitative estimate of drug-likeness (QED) is 0.562. The minimum absolute atomic E-state index is 0.0225. The zero-order chi connectivity index (χ0) is 24.1. The van der Waals surface area contributed by atoms with Crippen LogP contribution >= 0.6 is 0 Å². The van der Waals surface area contributed by atoms with E-state index in [4.69, 9.17) is 4.74 Å². The second-order valence-corrected chi connectivity index (χ2v) is 9.70. The van der Waals surface area contributed by atoms with Crippen LogP contribution in [0.5, 0.6) is 5.75 Å². The third-order valence-electron chi connectivity index (χ3n) is 5.51. The van der Waals surface area contributed by atoms with Gasteiger partial charge in [0.05, 0.1) is 23.7 Å². The number of fused-ring (bicyclic) bond motifs is 1. The van der Waals surface area contributed by atoms with Gasteiger partial charge in [-0.05, 0) is 29.8 Å². The summed E-state index contributed by atoms with van der Waals surface area (Å²) in [6, 6.07) is 24.0. The molecule has 3 aromatic carbocycles. The lowest BCUT2D eigenvalue weighted by molar-refractivity contribution is -0.128. The largest absolute Gasteiger partial charge is 0.477 e. The monoisotopic (exact) mass is 479 g/mol. The van der Waals surface area contributed by atoms with Gasteiger partial charge in [0, 0.05) is 13.6 Å². The first-order chi connectivity index (χ1) is 16.4. The zero-order valence-corrected chi connectivity index (χ0v) is 19.4. The molecule has 34 heavy (non-hydrogen) atoms. The van der Waals surface area contributed by atoms with E-state index in [-0.39, 0.29) is 23.9 Å². The highest BCUT2D eigenvalue weighted by molar-refractivity contribution is 7.89. The predicted molar refractivity (Wildman–Crippen MR) is 128 cm³/mol. The van der Waals surface area contributed by atoms with E-state index >= 15 is 0 Å². The molecule has 176 valence electrons. The minimum Gasteiger partial charge on any atom is -0.477 e. The van der Waals surface area contributed by atoms with Crippen molar-refractivity contribution in [1.82, 2.24) is 9.62 Å². The number of likely N-dealkylation sites (N-methyl/N-ethyl adjacent to an activating group) is 1. The van der Waals surface area contributed by atoms with E-state index in [1.54, 1.807) is 42.5 Å². The topological polar surface area (TPSA) is 96.0 Å². The van der Waals surface area contributed by atoms with Crippen LogP contribution in [0.25, 0.3) is 0 Å². The normalized spacial score (nSPS) is 15.4. The van der Waals surface area contributed by atoms with Crippen molar-refractivity contribution in [3.63, 3.8) is 0 Å².